The molecule has 0 spiro atoms. The van der Waals surface area contributed by atoms with Gasteiger partial charge in [0.25, 0.3) is 0 Å². The lowest BCUT2D eigenvalue weighted by Gasteiger charge is -2.10. The molecule has 0 atom stereocenters. The number of nitrogens with one attached hydrogen (secondary N) is 2. The first kappa shape index (κ1) is 15.7. The number of benzene rings is 1. The van der Waals surface area contributed by atoms with E-state index in [2.05, 4.69) is 34.4 Å². The quantitative estimate of drug-likeness (QED) is 0.599. The lowest BCUT2D eigenvalue weighted by molar-refractivity contribution is -0.383. The molecule has 0 fully saturated rings. The summed E-state index contributed by atoms with van der Waals surface area (Å²) in [5, 5.41) is 17.4. The van der Waals surface area contributed by atoms with Crippen LogP contribution in [0.3, 0.4) is 0 Å². The fourth-order valence-electron chi connectivity index (χ4n) is 1.91. The van der Waals surface area contributed by atoms with Gasteiger partial charge in [-0.2, -0.15) is 0 Å². The summed E-state index contributed by atoms with van der Waals surface area (Å²) >= 11 is 0. The molecule has 1 aromatic heterocycles. The maximum Gasteiger partial charge on any atom is 0.353 e. The van der Waals surface area contributed by atoms with Gasteiger partial charge in [-0.25, -0.2) is 9.97 Å². The number of hydrogen-bond acceptors (Lipinski definition) is 6. The summed E-state index contributed by atoms with van der Waals surface area (Å²) in [6.07, 6.45) is 2.22. The second kappa shape index (κ2) is 7.35. The van der Waals surface area contributed by atoms with Crippen LogP contribution in [0.2, 0.25) is 0 Å². The van der Waals surface area contributed by atoms with Gasteiger partial charge in [-0.1, -0.05) is 32.0 Å². The third kappa shape index (κ3) is 4.15. The van der Waals surface area contributed by atoms with E-state index in [1.807, 2.05) is 30.3 Å². The summed E-state index contributed by atoms with van der Waals surface area (Å²) in [6.45, 7) is 4.82. The Kier molecular flexibility index (Phi) is 5.24. The van der Waals surface area contributed by atoms with Gasteiger partial charge in [-0.05, 0) is 24.5 Å². The molecule has 0 unspecified atom stereocenters. The van der Waals surface area contributed by atoms with Crippen molar-refractivity contribution in [2.45, 2.75) is 20.3 Å². The lowest BCUT2D eigenvalue weighted by Crippen LogP contribution is -2.10. The average molecular weight is 301 g/mol. The van der Waals surface area contributed by atoms with Crippen LogP contribution in [0.4, 0.5) is 23.0 Å². The van der Waals surface area contributed by atoms with Crippen LogP contribution in [0.15, 0.2) is 36.7 Å². The Labute approximate surface area is 129 Å². The summed E-state index contributed by atoms with van der Waals surface area (Å²) in [5.74, 6) is 0.924. The first-order valence-electron chi connectivity index (χ1n) is 7.13. The molecule has 1 heterocycles. The zero-order valence-electron chi connectivity index (χ0n) is 12.6. The van der Waals surface area contributed by atoms with E-state index >= 15 is 0 Å². The summed E-state index contributed by atoms with van der Waals surface area (Å²) in [4.78, 5) is 18.9. The molecular formula is C15H19N5O2. The minimum atomic E-state index is -0.469. The molecule has 2 aromatic rings. The van der Waals surface area contributed by atoms with Crippen LogP contribution in [0.1, 0.15) is 20.3 Å². The lowest BCUT2D eigenvalue weighted by atomic mass is 10.1. The van der Waals surface area contributed by atoms with Crippen molar-refractivity contribution < 1.29 is 4.92 Å². The van der Waals surface area contributed by atoms with E-state index < -0.39 is 4.92 Å². The van der Waals surface area contributed by atoms with Crippen LogP contribution in [0.5, 0.6) is 0 Å². The number of nitrogens with zero attached hydrogens (tertiary/aromatic N) is 3. The van der Waals surface area contributed by atoms with Crippen LogP contribution in [-0.4, -0.2) is 21.4 Å². The Morgan fingerprint density at radius 2 is 1.86 bits per heavy atom. The third-order valence-electron chi connectivity index (χ3n) is 3.06. The van der Waals surface area contributed by atoms with E-state index in [-0.39, 0.29) is 17.3 Å². The van der Waals surface area contributed by atoms with Crippen molar-refractivity contribution in [3.05, 3.63) is 46.8 Å². The van der Waals surface area contributed by atoms with Crippen molar-refractivity contribution in [3.8, 4) is 0 Å². The van der Waals surface area contributed by atoms with Crippen LogP contribution in [-0.2, 0) is 0 Å². The van der Waals surface area contributed by atoms with E-state index in [0.29, 0.717) is 12.5 Å². The van der Waals surface area contributed by atoms with Crippen molar-refractivity contribution in [2.24, 2.45) is 5.92 Å². The number of anilines is 3. The average Bonchev–Trinajstić information content (AvgIpc) is 2.48. The van der Waals surface area contributed by atoms with E-state index in [1.54, 1.807) is 0 Å². The highest BCUT2D eigenvalue weighted by atomic mass is 16.6. The maximum atomic E-state index is 11.4. The molecule has 0 aliphatic heterocycles. The first-order chi connectivity index (χ1) is 10.6. The van der Waals surface area contributed by atoms with Crippen LogP contribution in [0.25, 0.3) is 0 Å². The van der Waals surface area contributed by atoms with Gasteiger partial charge in [0.05, 0.1) is 4.92 Å². The van der Waals surface area contributed by atoms with Gasteiger partial charge in [0.15, 0.2) is 0 Å². The predicted molar refractivity (Wildman–Crippen MR) is 86.4 cm³/mol. The highest BCUT2D eigenvalue weighted by molar-refractivity contribution is 5.73. The van der Waals surface area contributed by atoms with E-state index in [1.165, 1.54) is 6.33 Å². The number of rotatable bonds is 7. The van der Waals surface area contributed by atoms with Gasteiger partial charge in [0.1, 0.15) is 6.33 Å². The molecule has 7 heteroatoms. The fraction of sp³-hybridized carbons (Fsp3) is 0.333. The van der Waals surface area contributed by atoms with Gasteiger partial charge in [-0.3, -0.25) is 10.1 Å². The molecule has 0 aliphatic rings. The normalized spacial score (nSPS) is 10.5. The van der Waals surface area contributed by atoms with Gasteiger partial charge < -0.3 is 10.6 Å². The predicted octanol–water partition coefficient (Wildman–Crippen LogP) is 3.59. The third-order valence-corrected chi connectivity index (χ3v) is 3.06. The molecule has 7 nitrogen and oxygen atoms in total. The Hall–Kier alpha value is -2.70. The van der Waals surface area contributed by atoms with Gasteiger partial charge in [-0.15, -0.1) is 0 Å². The number of nitro groups is 1. The highest BCUT2D eigenvalue weighted by Gasteiger charge is 2.22. The molecule has 0 amide bonds. The smallest absolute Gasteiger partial charge is 0.353 e. The second-order valence-corrected chi connectivity index (χ2v) is 5.28. The Morgan fingerprint density at radius 3 is 2.50 bits per heavy atom. The standard InChI is InChI=1S/C15H19N5O2/c1-11(2)8-9-16-14-13(20(21)22)15(18-10-17-14)19-12-6-4-3-5-7-12/h3-7,10-11H,8-9H2,1-2H3,(H2,16,17,18,19). The molecule has 116 valence electrons. The maximum absolute atomic E-state index is 11.4. The van der Waals surface area contributed by atoms with Crippen LogP contribution < -0.4 is 10.6 Å². The Bertz CT molecular complexity index is 631. The summed E-state index contributed by atoms with van der Waals surface area (Å²) in [7, 11) is 0. The summed E-state index contributed by atoms with van der Waals surface area (Å²) in [6, 6.07) is 9.20. The SMILES string of the molecule is CC(C)CCNc1ncnc(Nc2ccccc2)c1[N+](=O)[O-]. The van der Waals surface area contributed by atoms with Crippen molar-refractivity contribution in [2.75, 3.05) is 17.2 Å². The highest BCUT2D eigenvalue weighted by Crippen LogP contribution is 2.30. The Morgan fingerprint density at radius 1 is 1.18 bits per heavy atom. The van der Waals surface area contributed by atoms with Gasteiger partial charge >= 0.3 is 5.69 Å². The molecule has 22 heavy (non-hydrogen) atoms. The number of aromatic nitrogens is 2. The molecule has 0 saturated carbocycles. The Balaban J connectivity index is 2.24. The minimum absolute atomic E-state index is 0.143. The van der Waals surface area contributed by atoms with Crippen LogP contribution >= 0.6 is 0 Å². The molecular weight excluding hydrogens is 282 g/mol. The molecule has 0 saturated heterocycles. The largest absolute Gasteiger partial charge is 0.364 e. The zero-order chi connectivity index (χ0) is 15.9. The molecule has 0 radical (unpaired) electrons. The van der Waals surface area contributed by atoms with Crippen molar-refractivity contribution in [1.82, 2.24) is 9.97 Å². The molecule has 0 bridgehead atoms. The van der Waals surface area contributed by atoms with Crippen LogP contribution in [0, 0.1) is 16.0 Å². The molecule has 0 aliphatic carbocycles. The van der Waals surface area contributed by atoms with Gasteiger partial charge in [0, 0.05) is 12.2 Å². The van der Waals surface area contributed by atoms with Crippen molar-refractivity contribution >= 4 is 23.0 Å². The molecule has 2 rings (SSSR count). The van der Waals surface area contributed by atoms with E-state index in [4.69, 9.17) is 0 Å². The summed E-state index contributed by atoms with van der Waals surface area (Å²) < 4.78 is 0. The minimum Gasteiger partial charge on any atom is -0.364 e. The number of hydrogen-bond donors (Lipinski definition) is 2. The monoisotopic (exact) mass is 301 g/mol. The fourth-order valence-corrected chi connectivity index (χ4v) is 1.91. The number of para-hydroxylation sites is 1. The topological polar surface area (TPSA) is 93.0 Å². The molecule has 1 aromatic carbocycles. The zero-order valence-corrected chi connectivity index (χ0v) is 12.6. The van der Waals surface area contributed by atoms with Crippen molar-refractivity contribution in [1.29, 1.82) is 0 Å². The van der Waals surface area contributed by atoms with Crippen molar-refractivity contribution in [3.63, 3.8) is 0 Å². The van der Waals surface area contributed by atoms with E-state index in [0.717, 1.165) is 12.1 Å². The summed E-state index contributed by atoms with van der Waals surface area (Å²) in [5.41, 5.74) is 0.590. The first-order valence-corrected chi connectivity index (χ1v) is 7.13. The second-order valence-electron chi connectivity index (χ2n) is 5.28. The van der Waals surface area contributed by atoms with Gasteiger partial charge in [0.2, 0.25) is 11.6 Å². The van der Waals surface area contributed by atoms with E-state index in [9.17, 15) is 10.1 Å². The molecule has 2 N–H and O–H groups in total.